The van der Waals surface area contributed by atoms with Crippen LogP contribution in [0, 0.1) is 0 Å². The number of rotatable bonds is 4. The van der Waals surface area contributed by atoms with E-state index in [9.17, 15) is 4.39 Å². The molecule has 1 fully saturated rings. The fourth-order valence-electron chi connectivity index (χ4n) is 2.04. The van der Waals surface area contributed by atoms with Crippen molar-refractivity contribution in [2.75, 3.05) is 14.1 Å². The molecule has 1 aliphatic rings. The van der Waals surface area contributed by atoms with Crippen molar-refractivity contribution in [2.24, 2.45) is 4.99 Å². The maximum Gasteiger partial charge on any atom is 0.496 e. The molecular formula is C15H23BFN3O2. The number of alkyl halides is 1. The summed E-state index contributed by atoms with van der Waals surface area (Å²) in [6.07, 6.45) is 3.21. The number of nitrogens with zero attached hydrogens (tertiary/aromatic N) is 3. The van der Waals surface area contributed by atoms with Crippen LogP contribution in [-0.4, -0.2) is 48.6 Å². The van der Waals surface area contributed by atoms with Crippen LogP contribution >= 0.6 is 0 Å². The lowest BCUT2D eigenvalue weighted by Crippen LogP contribution is -2.41. The van der Waals surface area contributed by atoms with Crippen LogP contribution in [0.5, 0.6) is 0 Å². The van der Waals surface area contributed by atoms with Gasteiger partial charge in [-0.1, -0.05) is 0 Å². The molecule has 5 nitrogen and oxygen atoms in total. The molecule has 2 rings (SSSR count). The van der Waals surface area contributed by atoms with Gasteiger partial charge in [-0.3, -0.25) is 0 Å². The summed E-state index contributed by atoms with van der Waals surface area (Å²) in [5.74, 6) is 0.460. The van der Waals surface area contributed by atoms with E-state index in [2.05, 4.69) is 9.98 Å². The first-order valence-electron chi connectivity index (χ1n) is 7.27. The second-order valence-corrected chi connectivity index (χ2v) is 6.67. The summed E-state index contributed by atoms with van der Waals surface area (Å²) in [5.41, 5.74) is 0.171. The average molecular weight is 307 g/mol. The van der Waals surface area contributed by atoms with Crippen molar-refractivity contribution in [3.63, 3.8) is 0 Å². The third-order valence-electron chi connectivity index (χ3n) is 4.08. The third-order valence-corrected chi connectivity index (χ3v) is 4.08. The summed E-state index contributed by atoms with van der Waals surface area (Å²) in [6, 6.07) is 1.63. The highest BCUT2D eigenvalue weighted by Crippen LogP contribution is 2.36. The number of pyridine rings is 1. The second-order valence-electron chi connectivity index (χ2n) is 6.67. The van der Waals surface area contributed by atoms with E-state index in [1.54, 1.807) is 23.5 Å². The fraction of sp³-hybridized carbons (Fsp3) is 0.600. The Morgan fingerprint density at radius 1 is 1.27 bits per heavy atom. The highest BCUT2D eigenvalue weighted by molar-refractivity contribution is 6.62. The number of hydrogen-bond donors (Lipinski definition) is 0. The zero-order chi connectivity index (χ0) is 16.5. The topological polar surface area (TPSA) is 47.0 Å². The molecule has 0 N–H and O–H groups in total. The van der Waals surface area contributed by atoms with Crippen molar-refractivity contribution in [1.29, 1.82) is 0 Å². The quantitative estimate of drug-likeness (QED) is 0.485. The molecule has 120 valence electrons. The molecule has 0 atom stereocenters. The molecule has 22 heavy (non-hydrogen) atoms. The van der Waals surface area contributed by atoms with E-state index >= 15 is 0 Å². The normalized spacial score (nSPS) is 19.9. The van der Waals surface area contributed by atoms with Gasteiger partial charge in [-0.2, -0.15) is 0 Å². The molecule has 0 aromatic carbocycles. The van der Waals surface area contributed by atoms with E-state index in [4.69, 9.17) is 9.31 Å². The van der Waals surface area contributed by atoms with Gasteiger partial charge in [0.15, 0.2) is 5.82 Å². The first-order chi connectivity index (χ1) is 10.2. The standard InChI is InChI=1S/C15H23BFN3O2/c1-14(2)15(3,4)22-16(21-14)12-9-18-13(7-11(12)8-17)19-10-20(5)6/h7,9-10H,8H2,1-6H3. The van der Waals surface area contributed by atoms with Crippen molar-refractivity contribution in [1.82, 2.24) is 9.88 Å². The minimum absolute atomic E-state index is 0.460. The van der Waals surface area contributed by atoms with Crippen LogP contribution in [0.2, 0.25) is 0 Å². The van der Waals surface area contributed by atoms with E-state index in [1.807, 2.05) is 41.8 Å². The van der Waals surface area contributed by atoms with Gasteiger partial charge < -0.3 is 14.2 Å². The first kappa shape index (κ1) is 16.9. The molecule has 0 amide bonds. The van der Waals surface area contributed by atoms with Crippen LogP contribution in [0.1, 0.15) is 33.3 Å². The Balaban J connectivity index is 2.29. The number of aliphatic imine (C=N–C) groups is 1. The Kier molecular flexibility index (Phi) is 4.58. The summed E-state index contributed by atoms with van der Waals surface area (Å²) in [6.45, 7) is 7.24. The summed E-state index contributed by atoms with van der Waals surface area (Å²) in [7, 11) is 3.10. The molecule has 0 saturated carbocycles. The minimum Gasteiger partial charge on any atom is -0.399 e. The number of halogens is 1. The number of hydrogen-bond acceptors (Lipinski definition) is 4. The van der Waals surface area contributed by atoms with Crippen LogP contribution in [0.15, 0.2) is 17.3 Å². The second kappa shape index (κ2) is 5.97. The molecule has 0 aliphatic carbocycles. The summed E-state index contributed by atoms with van der Waals surface area (Å²) in [4.78, 5) is 10.2. The van der Waals surface area contributed by atoms with Crippen LogP contribution in [0.3, 0.4) is 0 Å². The van der Waals surface area contributed by atoms with E-state index in [0.717, 1.165) is 0 Å². The Bertz CT molecular complexity index is 560. The highest BCUT2D eigenvalue weighted by atomic mass is 19.1. The summed E-state index contributed by atoms with van der Waals surface area (Å²) >= 11 is 0. The molecule has 0 spiro atoms. The Morgan fingerprint density at radius 3 is 2.36 bits per heavy atom. The predicted octanol–water partition coefficient (Wildman–Crippen LogP) is 2.07. The molecular weight excluding hydrogens is 284 g/mol. The van der Waals surface area contributed by atoms with E-state index < -0.39 is 25.0 Å². The minimum atomic E-state index is -0.619. The van der Waals surface area contributed by atoms with Gasteiger partial charge in [0, 0.05) is 25.8 Å². The van der Waals surface area contributed by atoms with Gasteiger partial charge in [-0.05, 0) is 39.3 Å². The third kappa shape index (κ3) is 3.30. The smallest absolute Gasteiger partial charge is 0.399 e. The lowest BCUT2D eigenvalue weighted by atomic mass is 9.77. The lowest BCUT2D eigenvalue weighted by Gasteiger charge is -2.32. The van der Waals surface area contributed by atoms with E-state index in [-0.39, 0.29) is 0 Å². The molecule has 1 saturated heterocycles. The maximum absolute atomic E-state index is 13.4. The van der Waals surface area contributed by atoms with Crippen molar-refractivity contribution < 1.29 is 13.7 Å². The van der Waals surface area contributed by atoms with Crippen molar-refractivity contribution >= 4 is 24.7 Å². The van der Waals surface area contributed by atoms with Crippen molar-refractivity contribution in [3.8, 4) is 0 Å². The molecule has 1 aromatic heterocycles. The van der Waals surface area contributed by atoms with E-state index in [1.165, 1.54) is 0 Å². The predicted molar refractivity (Wildman–Crippen MR) is 86.6 cm³/mol. The fourth-order valence-corrected chi connectivity index (χ4v) is 2.04. The van der Waals surface area contributed by atoms with Gasteiger partial charge in [-0.15, -0.1) is 0 Å². The summed E-state index contributed by atoms with van der Waals surface area (Å²) < 4.78 is 25.3. The molecule has 0 bridgehead atoms. The SMILES string of the molecule is CN(C)C=Nc1cc(CF)c(B2OC(C)(C)C(C)(C)O2)cn1. The number of aromatic nitrogens is 1. The maximum atomic E-state index is 13.4. The van der Waals surface area contributed by atoms with Crippen LogP contribution in [-0.2, 0) is 16.0 Å². The average Bonchev–Trinajstić information content (AvgIpc) is 2.64. The lowest BCUT2D eigenvalue weighted by molar-refractivity contribution is 0.00578. The first-order valence-corrected chi connectivity index (χ1v) is 7.27. The molecule has 1 aliphatic heterocycles. The highest BCUT2D eigenvalue weighted by Gasteiger charge is 2.52. The monoisotopic (exact) mass is 307 g/mol. The van der Waals surface area contributed by atoms with Crippen molar-refractivity contribution in [2.45, 2.75) is 45.6 Å². The van der Waals surface area contributed by atoms with Crippen molar-refractivity contribution in [3.05, 3.63) is 17.8 Å². The Labute approximate surface area is 131 Å². The largest absolute Gasteiger partial charge is 0.496 e. The Morgan fingerprint density at radius 2 is 1.86 bits per heavy atom. The van der Waals surface area contributed by atoms with Gasteiger partial charge in [0.25, 0.3) is 0 Å². The van der Waals surface area contributed by atoms with Gasteiger partial charge in [-0.25, -0.2) is 14.4 Å². The van der Waals surface area contributed by atoms with E-state index in [0.29, 0.717) is 16.8 Å². The van der Waals surface area contributed by atoms with Gasteiger partial charge in [0.2, 0.25) is 0 Å². The summed E-state index contributed by atoms with van der Waals surface area (Å²) in [5, 5.41) is 0. The molecule has 2 heterocycles. The van der Waals surface area contributed by atoms with Gasteiger partial charge >= 0.3 is 7.12 Å². The van der Waals surface area contributed by atoms with Crippen LogP contribution < -0.4 is 5.46 Å². The molecule has 0 radical (unpaired) electrons. The van der Waals surface area contributed by atoms with Crippen LogP contribution in [0.25, 0.3) is 0 Å². The van der Waals surface area contributed by atoms with Gasteiger partial charge in [0.1, 0.15) is 6.67 Å². The van der Waals surface area contributed by atoms with Gasteiger partial charge in [0.05, 0.1) is 17.5 Å². The zero-order valence-electron chi connectivity index (χ0n) is 14.1. The molecule has 0 unspecified atom stereocenters. The molecule has 1 aromatic rings. The molecule has 7 heteroatoms. The Hall–Kier alpha value is -1.47. The zero-order valence-corrected chi connectivity index (χ0v) is 14.1. The van der Waals surface area contributed by atoms with Crippen LogP contribution in [0.4, 0.5) is 10.2 Å².